The van der Waals surface area contributed by atoms with Crippen LogP contribution in [0.4, 0.5) is 22.9 Å². The molecule has 2 aliphatic rings. The fraction of sp³-hybridized carbons (Fsp3) is 0.321. The van der Waals surface area contributed by atoms with Gasteiger partial charge in [-0.05, 0) is 67.7 Å². The van der Waals surface area contributed by atoms with Crippen molar-refractivity contribution in [2.24, 2.45) is 0 Å². The van der Waals surface area contributed by atoms with Crippen molar-refractivity contribution in [1.82, 2.24) is 9.97 Å². The molecule has 2 aromatic heterocycles. The molecule has 1 saturated heterocycles. The number of carbonyl (C=O) groups is 1. The van der Waals surface area contributed by atoms with E-state index in [1.54, 1.807) is 6.20 Å². The molecule has 1 amide bonds. The highest BCUT2D eigenvalue weighted by molar-refractivity contribution is 6.27. The average Bonchev–Trinajstić information content (AvgIpc) is 2.89. The molecular formula is C28H32N6O. The molecule has 0 aliphatic carbocycles. The first-order valence-electron chi connectivity index (χ1n) is 12.2. The molecule has 1 fully saturated rings. The van der Waals surface area contributed by atoms with Gasteiger partial charge in [-0.1, -0.05) is 6.07 Å². The first-order valence-corrected chi connectivity index (χ1v) is 12.2. The number of nitrogens with one attached hydrogen (secondary N) is 2. The van der Waals surface area contributed by atoms with E-state index in [2.05, 4.69) is 49.8 Å². The first kappa shape index (κ1) is 22.9. The Kier molecular flexibility index (Phi) is 6.40. The summed E-state index contributed by atoms with van der Waals surface area (Å²) in [4.78, 5) is 26.7. The molecule has 0 saturated carbocycles. The summed E-state index contributed by atoms with van der Waals surface area (Å²) in [6.07, 6.45) is 9.30. The molecule has 180 valence electrons. The SMILES string of the molecule is CC1=C(C(=O)Nc2ccc(N(C)C)nc2)c2cc(-c3cncc(N4CCCCC4)c3)ccc2NC1. The van der Waals surface area contributed by atoms with E-state index in [-0.39, 0.29) is 5.91 Å². The fourth-order valence-electron chi connectivity index (χ4n) is 4.78. The van der Waals surface area contributed by atoms with Crippen LogP contribution in [0.15, 0.2) is 60.6 Å². The van der Waals surface area contributed by atoms with Gasteiger partial charge in [-0.3, -0.25) is 9.78 Å². The minimum absolute atomic E-state index is 0.123. The van der Waals surface area contributed by atoms with Crippen molar-refractivity contribution in [2.45, 2.75) is 26.2 Å². The topological polar surface area (TPSA) is 73.4 Å². The number of carbonyl (C=O) groups excluding carboxylic acids is 1. The number of nitrogens with zero attached hydrogens (tertiary/aromatic N) is 4. The van der Waals surface area contributed by atoms with E-state index in [0.29, 0.717) is 17.8 Å². The van der Waals surface area contributed by atoms with Crippen LogP contribution < -0.4 is 20.4 Å². The van der Waals surface area contributed by atoms with E-state index in [1.165, 1.54) is 19.3 Å². The number of hydrogen-bond acceptors (Lipinski definition) is 6. The molecule has 7 heteroatoms. The number of anilines is 4. The average molecular weight is 469 g/mol. The predicted octanol–water partition coefficient (Wildman–Crippen LogP) is 5.04. The van der Waals surface area contributed by atoms with Gasteiger partial charge in [0.2, 0.25) is 0 Å². The van der Waals surface area contributed by atoms with Crippen LogP contribution in [0.25, 0.3) is 16.7 Å². The minimum atomic E-state index is -0.123. The van der Waals surface area contributed by atoms with Crippen molar-refractivity contribution in [3.63, 3.8) is 0 Å². The third-order valence-corrected chi connectivity index (χ3v) is 6.73. The Labute approximate surface area is 206 Å². The summed E-state index contributed by atoms with van der Waals surface area (Å²) < 4.78 is 0. The molecule has 0 unspecified atom stereocenters. The lowest BCUT2D eigenvalue weighted by molar-refractivity contribution is -0.111. The van der Waals surface area contributed by atoms with E-state index < -0.39 is 0 Å². The van der Waals surface area contributed by atoms with Gasteiger partial charge in [0.1, 0.15) is 5.82 Å². The maximum Gasteiger partial charge on any atom is 0.256 e. The van der Waals surface area contributed by atoms with Gasteiger partial charge >= 0.3 is 0 Å². The Morgan fingerprint density at radius 2 is 1.83 bits per heavy atom. The number of hydrogen-bond donors (Lipinski definition) is 2. The normalized spacial score (nSPS) is 15.3. The summed E-state index contributed by atoms with van der Waals surface area (Å²) in [5.74, 6) is 0.720. The number of aromatic nitrogens is 2. The molecule has 5 rings (SSSR count). The summed E-state index contributed by atoms with van der Waals surface area (Å²) >= 11 is 0. The van der Waals surface area contributed by atoms with E-state index in [4.69, 9.17) is 0 Å². The third-order valence-electron chi connectivity index (χ3n) is 6.73. The van der Waals surface area contributed by atoms with Gasteiger partial charge in [-0.15, -0.1) is 0 Å². The summed E-state index contributed by atoms with van der Waals surface area (Å²) in [5, 5.41) is 6.48. The maximum absolute atomic E-state index is 13.4. The third kappa shape index (κ3) is 4.85. The molecule has 7 nitrogen and oxygen atoms in total. The summed E-state index contributed by atoms with van der Waals surface area (Å²) in [5.41, 5.74) is 7.53. The Bertz CT molecular complexity index is 1260. The van der Waals surface area contributed by atoms with E-state index in [9.17, 15) is 4.79 Å². The molecule has 1 aromatic carbocycles. The van der Waals surface area contributed by atoms with Crippen molar-refractivity contribution >= 4 is 34.4 Å². The van der Waals surface area contributed by atoms with Crippen LogP contribution in [0, 0.1) is 0 Å². The van der Waals surface area contributed by atoms with Gasteiger partial charge in [0.15, 0.2) is 0 Å². The Morgan fingerprint density at radius 3 is 2.57 bits per heavy atom. The van der Waals surface area contributed by atoms with E-state index >= 15 is 0 Å². The smallest absolute Gasteiger partial charge is 0.256 e. The second-order valence-corrected chi connectivity index (χ2v) is 9.50. The molecule has 3 aromatic rings. The highest BCUT2D eigenvalue weighted by Crippen LogP contribution is 2.36. The lowest BCUT2D eigenvalue weighted by Gasteiger charge is -2.28. The number of benzene rings is 1. The van der Waals surface area contributed by atoms with Crippen molar-refractivity contribution in [1.29, 1.82) is 0 Å². The molecule has 35 heavy (non-hydrogen) atoms. The van der Waals surface area contributed by atoms with Gasteiger partial charge in [-0.2, -0.15) is 0 Å². The molecule has 0 radical (unpaired) electrons. The molecule has 0 atom stereocenters. The Balaban J connectivity index is 1.43. The van der Waals surface area contributed by atoms with Gasteiger partial charge < -0.3 is 20.4 Å². The molecule has 4 heterocycles. The molecule has 0 bridgehead atoms. The van der Waals surface area contributed by atoms with E-state index in [0.717, 1.165) is 52.5 Å². The van der Waals surface area contributed by atoms with Crippen LogP contribution in [-0.4, -0.2) is 49.6 Å². The second-order valence-electron chi connectivity index (χ2n) is 9.50. The highest BCUT2D eigenvalue weighted by Gasteiger charge is 2.23. The van der Waals surface area contributed by atoms with Crippen molar-refractivity contribution in [3.8, 4) is 11.1 Å². The number of fused-ring (bicyclic) bond motifs is 1. The van der Waals surface area contributed by atoms with Crippen LogP contribution in [-0.2, 0) is 4.79 Å². The van der Waals surface area contributed by atoms with Crippen molar-refractivity contribution < 1.29 is 4.79 Å². The molecule has 2 N–H and O–H groups in total. The quantitative estimate of drug-likeness (QED) is 0.547. The van der Waals surface area contributed by atoms with Gasteiger partial charge in [0.25, 0.3) is 5.91 Å². The molecule has 0 spiro atoms. The lowest BCUT2D eigenvalue weighted by Crippen LogP contribution is -2.29. The first-order chi connectivity index (χ1) is 17.0. The van der Waals surface area contributed by atoms with Gasteiger partial charge in [0.05, 0.1) is 23.8 Å². The largest absolute Gasteiger partial charge is 0.381 e. The number of rotatable bonds is 5. The predicted molar refractivity (Wildman–Crippen MR) is 144 cm³/mol. The lowest BCUT2D eigenvalue weighted by atomic mass is 9.91. The minimum Gasteiger partial charge on any atom is -0.381 e. The summed E-state index contributed by atoms with van der Waals surface area (Å²) in [6.45, 7) is 4.80. The van der Waals surface area contributed by atoms with Gasteiger partial charge in [-0.25, -0.2) is 4.98 Å². The second kappa shape index (κ2) is 9.78. The zero-order valence-electron chi connectivity index (χ0n) is 20.6. The number of amides is 1. The van der Waals surface area contributed by atoms with Gasteiger partial charge in [0, 0.05) is 62.3 Å². The zero-order valence-corrected chi connectivity index (χ0v) is 20.6. The van der Waals surface area contributed by atoms with Crippen LogP contribution in [0.5, 0.6) is 0 Å². The molecule has 2 aliphatic heterocycles. The van der Waals surface area contributed by atoms with Crippen LogP contribution in [0.2, 0.25) is 0 Å². The van der Waals surface area contributed by atoms with Crippen LogP contribution >= 0.6 is 0 Å². The van der Waals surface area contributed by atoms with Crippen LogP contribution in [0.1, 0.15) is 31.7 Å². The van der Waals surface area contributed by atoms with E-state index in [1.807, 2.05) is 50.4 Å². The maximum atomic E-state index is 13.4. The highest BCUT2D eigenvalue weighted by atomic mass is 16.1. The summed E-state index contributed by atoms with van der Waals surface area (Å²) in [7, 11) is 3.88. The Morgan fingerprint density at radius 1 is 1.00 bits per heavy atom. The monoisotopic (exact) mass is 468 g/mol. The van der Waals surface area contributed by atoms with Crippen LogP contribution in [0.3, 0.4) is 0 Å². The molecular weight excluding hydrogens is 436 g/mol. The standard InChI is InChI=1S/C28H32N6O/c1-19-15-30-25-9-7-20(21-13-23(18-29-16-21)34-11-5-4-6-12-34)14-24(25)27(19)28(35)32-22-8-10-26(31-17-22)33(2)3/h7-10,13-14,16-18,30H,4-6,11-12,15H2,1-3H3,(H,32,35). The Hall–Kier alpha value is -3.87. The summed E-state index contributed by atoms with van der Waals surface area (Å²) in [6, 6.07) is 12.3. The fourth-order valence-corrected chi connectivity index (χ4v) is 4.78. The van der Waals surface area contributed by atoms with Crippen molar-refractivity contribution in [2.75, 3.05) is 54.2 Å². The zero-order chi connectivity index (χ0) is 24.4. The van der Waals surface area contributed by atoms with Crippen molar-refractivity contribution in [3.05, 3.63) is 66.1 Å². The number of piperidine rings is 1. The number of pyridine rings is 2.